The zero-order valence-corrected chi connectivity index (χ0v) is 11.6. The van der Waals surface area contributed by atoms with Crippen molar-refractivity contribution in [2.45, 2.75) is 19.8 Å². The summed E-state index contributed by atoms with van der Waals surface area (Å²) in [4.78, 5) is 14.0. The minimum atomic E-state index is 0.0949. The molecule has 1 unspecified atom stereocenters. The van der Waals surface area contributed by atoms with E-state index in [1.54, 1.807) is 13.2 Å². The number of hydrogen-bond acceptors (Lipinski definition) is 2. The SMILES string of the molecule is COc1ccccc1/C=C/C(=O)N1CCCC(C)C1. The van der Waals surface area contributed by atoms with E-state index in [1.807, 2.05) is 35.2 Å². The zero-order chi connectivity index (χ0) is 13.7. The summed E-state index contributed by atoms with van der Waals surface area (Å²) in [6.45, 7) is 3.94. The third kappa shape index (κ3) is 3.60. The summed E-state index contributed by atoms with van der Waals surface area (Å²) >= 11 is 0. The summed E-state index contributed by atoms with van der Waals surface area (Å²) in [6.07, 6.45) is 5.81. The van der Waals surface area contributed by atoms with Crippen LogP contribution in [0, 0.1) is 5.92 Å². The molecular formula is C16H21NO2. The lowest BCUT2D eigenvalue weighted by atomic mass is 10.0. The molecule has 3 heteroatoms. The van der Waals surface area contributed by atoms with E-state index in [9.17, 15) is 4.79 Å². The van der Waals surface area contributed by atoms with Crippen molar-refractivity contribution in [2.75, 3.05) is 20.2 Å². The molecule has 0 radical (unpaired) electrons. The van der Waals surface area contributed by atoms with Gasteiger partial charge in [0.1, 0.15) is 5.75 Å². The highest BCUT2D eigenvalue weighted by Crippen LogP contribution is 2.20. The Morgan fingerprint density at radius 2 is 2.21 bits per heavy atom. The molecule has 0 aromatic heterocycles. The number of methoxy groups -OCH3 is 1. The van der Waals surface area contributed by atoms with Gasteiger partial charge < -0.3 is 9.64 Å². The van der Waals surface area contributed by atoms with Gasteiger partial charge in [-0.1, -0.05) is 25.1 Å². The number of amides is 1. The molecule has 1 atom stereocenters. The van der Waals surface area contributed by atoms with Crippen LogP contribution in [0.15, 0.2) is 30.3 Å². The first-order chi connectivity index (χ1) is 9.20. The van der Waals surface area contributed by atoms with Crippen molar-refractivity contribution < 1.29 is 9.53 Å². The van der Waals surface area contributed by atoms with Gasteiger partial charge in [0.15, 0.2) is 0 Å². The number of carbonyl (C=O) groups excluding carboxylic acids is 1. The van der Waals surface area contributed by atoms with Crippen LogP contribution in [-0.4, -0.2) is 31.0 Å². The lowest BCUT2D eigenvalue weighted by Gasteiger charge is -2.30. The Kier molecular flexibility index (Phi) is 4.61. The van der Waals surface area contributed by atoms with E-state index >= 15 is 0 Å². The fraction of sp³-hybridized carbons (Fsp3) is 0.438. The maximum Gasteiger partial charge on any atom is 0.246 e. The van der Waals surface area contributed by atoms with Crippen LogP contribution in [0.4, 0.5) is 0 Å². The van der Waals surface area contributed by atoms with Crippen LogP contribution in [0.2, 0.25) is 0 Å². The van der Waals surface area contributed by atoms with E-state index in [-0.39, 0.29) is 5.91 Å². The van der Waals surface area contributed by atoms with E-state index in [4.69, 9.17) is 4.74 Å². The number of rotatable bonds is 3. The van der Waals surface area contributed by atoms with E-state index < -0.39 is 0 Å². The molecule has 1 aromatic rings. The van der Waals surface area contributed by atoms with Crippen LogP contribution in [-0.2, 0) is 4.79 Å². The average molecular weight is 259 g/mol. The number of nitrogens with zero attached hydrogens (tertiary/aromatic N) is 1. The van der Waals surface area contributed by atoms with Crippen LogP contribution in [0.3, 0.4) is 0 Å². The van der Waals surface area contributed by atoms with Crippen molar-refractivity contribution in [3.05, 3.63) is 35.9 Å². The molecule has 1 saturated heterocycles. The van der Waals surface area contributed by atoms with Crippen LogP contribution >= 0.6 is 0 Å². The van der Waals surface area contributed by atoms with Crippen molar-refractivity contribution in [3.8, 4) is 5.75 Å². The molecule has 102 valence electrons. The average Bonchev–Trinajstić information content (AvgIpc) is 2.45. The Bertz CT molecular complexity index is 468. The number of para-hydroxylation sites is 1. The van der Waals surface area contributed by atoms with E-state index in [2.05, 4.69) is 6.92 Å². The van der Waals surface area contributed by atoms with Crippen molar-refractivity contribution >= 4 is 12.0 Å². The Labute approximate surface area is 114 Å². The number of likely N-dealkylation sites (tertiary alicyclic amines) is 1. The van der Waals surface area contributed by atoms with Crippen LogP contribution in [0.25, 0.3) is 6.08 Å². The lowest BCUT2D eigenvalue weighted by molar-refractivity contribution is -0.127. The number of ether oxygens (including phenoxy) is 1. The highest BCUT2D eigenvalue weighted by atomic mass is 16.5. The third-order valence-electron chi connectivity index (χ3n) is 3.51. The quantitative estimate of drug-likeness (QED) is 0.781. The smallest absolute Gasteiger partial charge is 0.246 e. The standard InChI is InChI=1S/C16H21NO2/c1-13-6-5-11-17(12-13)16(18)10-9-14-7-3-4-8-15(14)19-2/h3-4,7-10,13H,5-6,11-12H2,1-2H3/b10-9+. The predicted octanol–water partition coefficient (Wildman–Crippen LogP) is 2.97. The number of hydrogen-bond donors (Lipinski definition) is 0. The molecule has 1 heterocycles. The Morgan fingerprint density at radius 3 is 2.95 bits per heavy atom. The van der Waals surface area contributed by atoms with Crippen LogP contribution in [0.1, 0.15) is 25.3 Å². The Hall–Kier alpha value is -1.77. The summed E-state index contributed by atoms with van der Waals surface area (Å²) < 4.78 is 5.26. The maximum atomic E-state index is 12.1. The summed E-state index contributed by atoms with van der Waals surface area (Å²) in [5, 5.41) is 0. The summed E-state index contributed by atoms with van der Waals surface area (Å²) in [5.74, 6) is 1.49. The first kappa shape index (κ1) is 13.7. The minimum absolute atomic E-state index is 0.0949. The summed E-state index contributed by atoms with van der Waals surface area (Å²) in [5.41, 5.74) is 0.934. The second-order valence-corrected chi connectivity index (χ2v) is 5.11. The molecule has 0 saturated carbocycles. The van der Waals surface area contributed by atoms with Crippen LogP contribution < -0.4 is 4.74 Å². The molecule has 0 spiro atoms. The van der Waals surface area contributed by atoms with Gasteiger partial charge in [0.05, 0.1) is 7.11 Å². The third-order valence-corrected chi connectivity index (χ3v) is 3.51. The normalized spacial score (nSPS) is 19.7. The van der Waals surface area contributed by atoms with Crippen molar-refractivity contribution in [2.24, 2.45) is 5.92 Å². The fourth-order valence-corrected chi connectivity index (χ4v) is 2.46. The second kappa shape index (κ2) is 6.41. The van der Waals surface area contributed by atoms with E-state index in [1.165, 1.54) is 6.42 Å². The molecule has 19 heavy (non-hydrogen) atoms. The maximum absolute atomic E-state index is 12.1. The molecule has 0 aliphatic carbocycles. The Balaban J connectivity index is 2.03. The number of benzene rings is 1. The number of carbonyl (C=O) groups is 1. The highest BCUT2D eigenvalue weighted by molar-refractivity contribution is 5.92. The van der Waals surface area contributed by atoms with Crippen molar-refractivity contribution in [1.29, 1.82) is 0 Å². The molecule has 0 bridgehead atoms. The molecule has 2 rings (SSSR count). The summed E-state index contributed by atoms with van der Waals surface area (Å²) in [6, 6.07) is 7.70. The molecule has 3 nitrogen and oxygen atoms in total. The second-order valence-electron chi connectivity index (χ2n) is 5.11. The van der Waals surface area contributed by atoms with Gasteiger partial charge in [-0.15, -0.1) is 0 Å². The Morgan fingerprint density at radius 1 is 1.42 bits per heavy atom. The first-order valence-corrected chi connectivity index (χ1v) is 6.80. The van der Waals surface area contributed by atoms with Gasteiger partial charge in [0, 0.05) is 24.7 Å². The van der Waals surface area contributed by atoms with Gasteiger partial charge in [-0.05, 0) is 30.9 Å². The van der Waals surface area contributed by atoms with Gasteiger partial charge >= 0.3 is 0 Å². The molecule has 1 fully saturated rings. The number of piperidine rings is 1. The topological polar surface area (TPSA) is 29.5 Å². The first-order valence-electron chi connectivity index (χ1n) is 6.80. The van der Waals surface area contributed by atoms with Crippen molar-refractivity contribution in [1.82, 2.24) is 4.90 Å². The molecular weight excluding hydrogens is 238 g/mol. The fourth-order valence-electron chi connectivity index (χ4n) is 2.46. The zero-order valence-electron chi connectivity index (χ0n) is 11.6. The lowest BCUT2D eigenvalue weighted by Crippen LogP contribution is -2.38. The molecule has 0 N–H and O–H groups in total. The van der Waals surface area contributed by atoms with Gasteiger partial charge in [0.25, 0.3) is 0 Å². The largest absolute Gasteiger partial charge is 0.496 e. The van der Waals surface area contributed by atoms with E-state index in [0.29, 0.717) is 5.92 Å². The predicted molar refractivity (Wildman–Crippen MR) is 77.0 cm³/mol. The minimum Gasteiger partial charge on any atom is -0.496 e. The molecule has 1 aromatic carbocycles. The molecule has 1 amide bonds. The van der Waals surface area contributed by atoms with Crippen LogP contribution in [0.5, 0.6) is 5.75 Å². The van der Waals surface area contributed by atoms with Gasteiger partial charge in [-0.2, -0.15) is 0 Å². The van der Waals surface area contributed by atoms with Gasteiger partial charge in [-0.25, -0.2) is 0 Å². The van der Waals surface area contributed by atoms with Crippen molar-refractivity contribution in [3.63, 3.8) is 0 Å². The van der Waals surface area contributed by atoms with Gasteiger partial charge in [-0.3, -0.25) is 4.79 Å². The monoisotopic (exact) mass is 259 g/mol. The summed E-state index contributed by atoms with van der Waals surface area (Å²) in [7, 11) is 1.64. The molecule has 1 aliphatic heterocycles. The molecule has 1 aliphatic rings. The highest BCUT2D eigenvalue weighted by Gasteiger charge is 2.18. The van der Waals surface area contributed by atoms with E-state index in [0.717, 1.165) is 30.8 Å². The van der Waals surface area contributed by atoms with Gasteiger partial charge in [0.2, 0.25) is 5.91 Å².